The summed E-state index contributed by atoms with van der Waals surface area (Å²) >= 11 is 0. The third kappa shape index (κ3) is 10.0. The minimum Gasteiger partial charge on any atom is -0.716 e. The number of carbonyl (C=O) groups is 2. The van der Waals surface area contributed by atoms with E-state index in [-0.39, 0.29) is 107 Å². The molecule has 53 heavy (non-hydrogen) atoms. The summed E-state index contributed by atoms with van der Waals surface area (Å²) in [4.78, 5) is 26.3. The quantitative estimate of drug-likeness (QED) is 0.0672. The van der Waals surface area contributed by atoms with Crippen LogP contribution in [0.1, 0.15) is 110 Å². The maximum atomic E-state index is 13.4. The van der Waals surface area contributed by atoms with Gasteiger partial charge in [-0.05, 0) is 70.4 Å². The predicted molar refractivity (Wildman–Crippen MR) is 188 cm³/mol. The van der Waals surface area contributed by atoms with Gasteiger partial charge in [0.05, 0.1) is 26.4 Å². The SMILES string of the molecule is CCOC(=O)c1c(C)oc2cc(OCC3CCCCC3)c(OCc3oc4cc(OCC5CCCCC5)c(OS(=O)(=O)[O-])cc4c3C(=O)OCC)cc12.[Na+]. The molecule has 15 heteroatoms. The van der Waals surface area contributed by atoms with E-state index in [1.807, 2.05) is 0 Å². The van der Waals surface area contributed by atoms with Gasteiger partial charge in [-0.2, -0.15) is 0 Å². The largest absolute Gasteiger partial charge is 1.00 e. The third-order valence-electron chi connectivity index (χ3n) is 9.67. The molecule has 4 aromatic rings. The van der Waals surface area contributed by atoms with Crippen LogP contribution in [0.25, 0.3) is 21.9 Å². The molecule has 2 aliphatic carbocycles. The van der Waals surface area contributed by atoms with Gasteiger partial charge in [-0.1, -0.05) is 38.5 Å². The molecule has 0 N–H and O–H groups in total. The van der Waals surface area contributed by atoms with Crippen molar-refractivity contribution in [3.8, 4) is 23.0 Å². The smallest absolute Gasteiger partial charge is 0.716 e. The number of furan rings is 2. The fourth-order valence-corrected chi connectivity index (χ4v) is 7.50. The molecule has 2 aromatic carbocycles. The zero-order chi connectivity index (χ0) is 36.8. The Morgan fingerprint density at radius 2 is 1.17 bits per heavy atom. The third-order valence-corrected chi connectivity index (χ3v) is 10.0. The van der Waals surface area contributed by atoms with Crippen LogP contribution >= 0.6 is 0 Å². The van der Waals surface area contributed by atoms with Gasteiger partial charge in [-0.15, -0.1) is 0 Å². The van der Waals surface area contributed by atoms with E-state index in [9.17, 15) is 22.6 Å². The monoisotopic (exact) mass is 764 g/mol. The Balaban J connectivity index is 0.00000541. The number of esters is 2. The molecule has 0 unspecified atom stereocenters. The summed E-state index contributed by atoms with van der Waals surface area (Å²) in [6.07, 6.45) is 10.8. The number of fused-ring (bicyclic) bond motifs is 2. The molecule has 0 aliphatic heterocycles. The Kier molecular flexibility index (Phi) is 14.0. The summed E-state index contributed by atoms with van der Waals surface area (Å²) in [5.74, 6) is 0.0307. The van der Waals surface area contributed by atoms with E-state index in [1.165, 1.54) is 18.6 Å². The number of carbonyl (C=O) groups excluding carboxylic acids is 2. The number of aryl methyl sites for hydroxylation is 1. The van der Waals surface area contributed by atoms with Crippen LogP contribution in [0.15, 0.2) is 33.1 Å². The van der Waals surface area contributed by atoms with E-state index >= 15 is 0 Å². The molecule has 0 atom stereocenters. The maximum Gasteiger partial charge on any atom is 1.00 e. The zero-order valence-corrected chi connectivity index (χ0v) is 33.6. The van der Waals surface area contributed by atoms with Crippen molar-refractivity contribution in [1.82, 2.24) is 0 Å². The Morgan fingerprint density at radius 3 is 1.72 bits per heavy atom. The minimum absolute atomic E-state index is 0. The van der Waals surface area contributed by atoms with Crippen molar-refractivity contribution < 1.29 is 88.8 Å². The van der Waals surface area contributed by atoms with Crippen LogP contribution in [0.5, 0.6) is 23.0 Å². The van der Waals surface area contributed by atoms with E-state index < -0.39 is 22.3 Å². The van der Waals surface area contributed by atoms with Crippen LogP contribution in [0, 0.1) is 18.8 Å². The predicted octanol–water partition coefficient (Wildman–Crippen LogP) is 5.18. The molecule has 0 amide bonds. The van der Waals surface area contributed by atoms with Crippen LogP contribution in [0.4, 0.5) is 0 Å². The molecule has 2 saturated carbocycles. The van der Waals surface area contributed by atoms with E-state index in [0.29, 0.717) is 35.0 Å². The van der Waals surface area contributed by atoms with Crippen molar-refractivity contribution in [2.75, 3.05) is 26.4 Å². The fraction of sp³-hybridized carbons (Fsp3) is 0.526. The molecule has 282 valence electrons. The number of ether oxygens (including phenoxy) is 5. The molecule has 6 rings (SSSR count). The molecule has 2 heterocycles. The first-order chi connectivity index (χ1) is 25.0. The Labute approximate surface area is 331 Å². The van der Waals surface area contributed by atoms with Crippen LogP contribution in [0.2, 0.25) is 0 Å². The van der Waals surface area contributed by atoms with Gasteiger partial charge in [0.1, 0.15) is 34.7 Å². The summed E-state index contributed by atoms with van der Waals surface area (Å²) < 4.78 is 81.4. The molecular weight excluding hydrogens is 719 g/mol. The number of benzene rings is 2. The van der Waals surface area contributed by atoms with E-state index in [0.717, 1.165) is 57.8 Å². The summed E-state index contributed by atoms with van der Waals surface area (Å²) in [5.41, 5.74) is 0.804. The average Bonchev–Trinajstić information content (AvgIpc) is 3.64. The molecule has 0 radical (unpaired) electrons. The zero-order valence-electron chi connectivity index (χ0n) is 30.8. The number of hydrogen-bond acceptors (Lipinski definition) is 13. The molecule has 13 nitrogen and oxygen atoms in total. The standard InChI is InChI=1S/C38H46O13S.Na/c1-4-44-37(39)35-23(3)49-28-18-31(46-20-24-12-8-6-9-13-24)30(16-26(28)35)48-22-34-36(38(40)45-5-2)27-17-33(51-52(41,42)43)32(19-29(27)50-34)47-21-25-14-10-7-11-15-25;/h16-19,24-25H,4-15,20-22H2,1-3H3,(H,41,42,43);/q;+1/p-1. The van der Waals surface area contributed by atoms with Crippen molar-refractivity contribution in [3.63, 3.8) is 0 Å². The van der Waals surface area contributed by atoms with Gasteiger partial charge in [0.2, 0.25) is 0 Å². The summed E-state index contributed by atoms with van der Waals surface area (Å²) in [5, 5.41) is 0.603. The van der Waals surface area contributed by atoms with Gasteiger partial charge in [0.15, 0.2) is 28.8 Å². The van der Waals surface area contributed by atoms with Crippen LogP contribution < -0.4 is 48.0 Å². The summed E-state index contributed by atoms with van der Waals surface area (Å²) in [7, 11) is -5.20. The van der Waals surface area contributed by atoms with Crippen LogP contribution in [0.3, 0.4) is 0 Å². The van der Waals surface area contributed by atoms with Gasteiger partial charge in [0.25, 0.3) is 10.4 Å². The molecule has 2 fully saturated rings. The molecule has 0 spiro atoms. The van der Waals surface area contributed by atoms with Gasteiger partial charge < -0.3 is 41.3 Å². The van der Waals surface area contributed by atoms with Crippen LogP contribution in [-0.4, -0.2) is 51.3 Å². The van der Waals surface area contributed by atoms with Crippen molar-refractivity contribution in [3.05, 3.63) is 46.9 Å². The van der Waals surface area contributed by atoms with E-state index in [4.69, 9.17) is 36.7 Å². The molecular formula is C38H45NaO13S. The molecule has 2 aromatic heterocycles. The van der Waals surface area contributed by atoms with Crippen molar-refractivity contribution in [2.24, 2.45) is 11.8 Å². The second-order valence-electron chi connectivity index (χ2n) is 13.4. The Morgan fingerprint density at radius 1 is 0.698 bits per heavy atom. The Hall–Kier alpha value is -3.43. The maximum absolute atomic E-state index is 13.4. The first-order valence-corrected chi connectivity index (χ1v) is 19.4. The van der Waals surface area contributed by atoms with Crippen LogP contribution in [-0.2, 0) is 26.5 Å². The molecule has 2 aliphatic rings. The van der Waals surface area contributed by atoms with E-state index in [1.54, 1.807) is 32.9 Å². The van der Waals surface area contributed by atoms with E-state index in [2.05, 4.69) is 0 Å². The van der Waals surface area contributed by atoms with Gasteiger partial charge in [0, 0.05) is 22.9 Å². The minimum atomic E-state index is -5.20. The van der Waals surface area contributed by atoms with Crippen molar-refractivity contribution in [1.29, 1.82) is 0 Å². The van der Waals surface area contributed by atoms with Gasteiger partial charge in [-0.3, -0.25) is 0 Å². The second kappa shape index (κ2) is 18.3. The average molecular weight is 765 g/mol. The molecule has 0 saturated heterocycles. The first-order valence-electron chi connectivity index (χ1n) is 18.1. The van der Waals surface area contributed by atoms with Crippen molar-refractivity contribution >= 4 is 44.3 Å². The normalized spacial score (nSPS) is 15.5. The van der Waals surface area contributed by atoms with Gasteiger partial charge in [-0.25, -0.2) is 18.0 Å². The van der Waals surface area contributed by atoms with Gasteiger partial charge >= 0.3 is 41.5 Å². The fourth-order valence-electron chi connectivity index (χ4n) is 7.15. The topological polar surface area (TPSA) is 173 Å². The summed E-state index contributed by atoms with van der Waals surface area (Å²) in [6, 6.07) is 5.95. The summed E-state index contributed by atoms with van der Waals surface area (Å²) in [6.45, 7) is 5.71. The molecule has 0 bridgehead atoms. The number of hydrogen-bond donors (Lipinski definition) is 0. The number of rotatable bonds is 15. The second-order valence-corrected chi connectivity index (χ2v) is 14.4. The van der Waals surface area contributed by atoms with Crippen molar-refractivity contribution in [2.45, 2.75) is 91.6 Å². The first kappa shape index (κ1) is 40.7. The Bertz CT molecular complexity index is 2000.